The molecule has 1 fully saturated rings. The zero-order valence-corrected chi connectivity index (χ0v) is 21.2. The number of imide groups is 1. The third-order valence-corrected chi connectivity index (χ3v) is 6.02. The molecule has 10 heteroatoms. The van der Waals surface area contributed by atoms with Gasteiger partial charge in [-0.05, 0) is 82.0 Å². The van der Waals surface area contributed by atoms with Gasteiger partial charge in [0.15, 0.2) is 0 Å². The number of anilines is 1. The summed E-state index contributed by atoms with van der Waals surface area (Å²) in [7, 11) is 0. The van der Waals surface area contributed by atoms with Crippen LogP contribution in [0.3, 0.4) is 0 Å². The molecule has 0 unspecified atom stereocenters. The highest BCUT2D eigenvalue weighted by Gasteiger charge is 2.35. The predicted molar refractivity (Wildman–Crippen MR) is 140 cm³/mol. The van der Waals surface area contributed by atoms with E-state index in [-0.39, 0.29) is 17.9 Å². The van der Waals surface area contributed by atoms with Gasteiger partial charge in [0, 0.05) is 5.69 Å². The Bertz CT molecular complexity index is 1440. The molecule has 3 aromatic rings. The average molecular weight is 564 g/mol. The first-order valence-electron chi connectivity index (χ1n) is 11.2. The van der Waals surface area contributed by atoms with E-state index in [0.717, 1.165) is 10.5 Å². The fraction of sp³-hybridized carbons (Fsp3) is 0.111. The Hall–Kier alpha value is -4.44. The molecule has 9 nitrogen and oxygen atoms in total. The lowest BCUT2D eigenvalue weighted by Gasteiger charge is -2.12. The maximum Gasteiger partial charge on any atom is 0.335 e. The molecule has 4 amide bonds. The number of rotatable bonds is 8. The second-order valence-corrected chi connectivity index (χ2v) is 9.14. The van der Waals surface area contributed by atoms with Crippen molar-refractivity contribution in [2.75, 3.05) is 11.9 Å². The standard InChI is InChI=1S/C27H22BrN3O6/c1-16-4-2-7-20(10-16)29-24(32)14-31-25(33)22(30-27(31)36)13-17-8-9-23(21(28)12-17)37-15-18-5-3-6-19(11-18)26(34)35/h2-13H,14-15H2,1H3,(H,29,32)(H,30,36)(H,34,35)/b22-13+. The van der Waals surface area contributed by atoms with Gasteiger partial charge in [-0.3, -0.25) is 9.59 Å². The summed E-state index contributed by atoms with van der Waals surface area (Å²) in [5.74, 6) is -1.61. The van der Waals surface area contributed by atoms with Gasteiger partial charge in [-0.15, -0.1) is 0 Å². The van der Waals surface area contributed by atoms with Crippen molar-refractivity contribution in [3.05, 3.63) is 99.2 Å². The van der Waals surface area contributed by atoms with Gasteiger partial charge in [0.2, 0.25) is 5.91 Å². The zero-order chi connectivity index (χ0) is 26.5. The fourth-order valence-electron chi connectivity index (χ4n) is 3.63. The van der Waals surface area contributed by atoms with E-state index in [0.29, 0.717) is 27.0 Å². The van der Waals surface area contributed by atoms with E-state index in [1.54, 1.807) is 48.5 Å². The zero-order valence-electron chi connectivity index (χ0n) is 19.7. The summed E-state index contributed by atoms with van der Waals surface area (Å²) >= 11 is 3.43. The first-order chi connectivity index (χ1) is 17.7. The van der Waals surface area contributed by atoms with E-state index >= 15 is 0 Å². The van der Waals surface area contributed by atoms with Crippen molar-refractivity contribution in [2.45, 2.75) is 13.5 Å². The highest BCUT2D eigenvalue weighted by molar-refractivity contribution is 9.10. The fourth-order valence-corrected chi connectivity index (χ4v) is 4.14. The van der Waals surface area contributed by atoms with Gasteiger partial charge in [0.25, 0.3) is 5.91 Å². The van der Waals surface area contributed by atoms with Crippen molar-refractivity contribution in [1.29, 1.82) is 0 Å². The number of carboxylic acids is 1. The van der Waals surface area contributed by atoms with Gasteiger partial charge in [-0.2, -0.15) is 0 Å². The van der Waals surface area contributed by atoms with Gasteiger partial charge in [0.1, 0.15) is 24.6 Å². The normalized spacial score (nSPS) is 14.0. The number of carbonyl (C=O) groups excluding carboxylic acids is 3. The number of amides is 4. The molecular weight excluding hydrogens is 542 g/mol. The lowest BCUT2D eigenvalue weighted by Crippen LogP contribution is -2.38. The highest BCUT2D eigenvalue weighted by Crippen LogP contribution is 2.28. The summed E-state index contributed by atoms with van der Waals surface area (Å²) < 4.78 is 6.39. The Balaban J connectivity index is 1.39. The number of hydrogen-bond acceptors (Lipinski definition) is 5. The van der Waals surface area contributed by atoms with Crippen LogP contribution in [-0.2, 0) is 16.2 Å². The Morgan fingerprint density at radius 3 is 2.59 bits per heavy atom. The number of carboxylic acid groups (broad SMARTS) is 1. The third-order valence-electron chi connectivity index (χ3n) is 5.40. The van der Waals surface area contributed by atoms with Gasteiger partial charge >= 0.3 is 12.0 Å². The molecule has 3 aromatic carbocycles. The number of hydrogen-bond donors (Lipinski definition) is 3. The van der Waals surface area contributed by atoms with E-state index in [1.165, 1.54) is 18.2 Å². The molecule has 0 aliphatic carbocycles. The van der Waals surface area contributed by atoms with E-state index in [1.807, 2.05) is 13.0 Å². The molecule has 1 aliphatic rings. The Labute approximate surface area is 220 Å². The summed E-state index contributed by atoms with van der Waals surface area (Å²) in [6.45, 7) is 1.63. The summed E-state index contributed by atoms with van der Waals surface area (Å²) in [5.41, 5.74) is 3.07. The van der Waals surface area contributed by atoms with Crippen LogP contribution >= 0.6 is 15.9 Å². The smallest absolute Gasteiger partial charge is 0.335 e. The SMILES string of the molecule is Cc1cccc(NC(=O)CN2C(=O)N/C(=C/c3ccc(OCc4cccc(C(=O)O)c4)c(Br)c3)C2=O)c1. The number of carbonyl (C=O) groups is 4. The second kappa shape index (κ2) is 11.1. The molecular formula is C27H22BrN3O6. The molecule has 1 heterocycles. The van der Waals surface area contributed by atoms with E-state index in [2.05, 4.69) is 26.6 Å². The number of aryl methyl sites for hydroxylation is 1. The van der Waals surface area contributed by atoms with Gasteiger partial charge in [0.05, 0.1) is 10.0 Å². The minimum absolute atomic E-state index is 0.0411. The lowest BCUT2D eigenvalue weighted by molar-refractivity contribution is -0.127. The van der Waals surface area contributed by atoms with Crippen LogP contribution in [-0.4, -0.2) is 40.4 Å². The van der Waals surface area contributed by atoms with Crippen molar-refractivity contribution < 1.29 is 29.0 Å². The Kier molecular flexibility index (Phi) is 7.69. The quantitative estimate of drug-likeness (QED) is 0.272. The van der Waals surface area contributed by atoms with E-state index in [9.17, 15) is 19.2 Å². The molecule has 0 aromatic heterocycles. The maximum absolute atomic E-state index is 12.8. The monoisotopic (exact) mass is 563 g/mol. The maximum atomic E-state index is 12.8. The molecule has 0 saturated carbocycles. The molecule has 4 rings (SSSR count). The van der Waals surface area contributed by atoms with Crippen LogP contribution in [0.5, 0.6) is 5.75 Å². The largest absolute Gasteiger partial charge is 0.488 e. The number of nitrogens with zero attached hydrogens (tertiary/aromatic N) is 1. The number of ether oxygens (including phenoxy) is 1. The van der Waals surface area contributed by atoms with Crippen molar-refractivity contribution in [1.82, 2.24) is 10.2 Å². The van der Waals surface area contributed by atoms with E-state index < -0.39 is 30.4 Å². The Morgan fingerprint density at radius 1 is 1.08 bits per heavy atom. The van der Waals surface area contributed by atoms with Crippen LogP contribution in [0.2, 0.25) is 0 Å². The molecule has 0 radical (unpaired) electrons. The van der Waals surface area contributed by atoms with Gasteiger partial charge < -0.3 is 20.5 Å². The lowest BCUT2D eigenvalue weighted by atomic mass is 10.1. The number of benzene rings is 3. The number of aromatic carboxylic acids is 1. The molecule has 0 bridgehead atoms. The topological polar surface area (TPSA) is 125 Å². The van der Waals surface area contributed by atoms with Crippen LogP contribution in [0.25, 0.3) is 6.08 Å². The first kappa shape index (κ1) is 25.6. The minimum atomic E-state index is -1.01. The van der Waals surface area contributed by atoms with Crippen LogP contribution < -0.4 is 15.4 Å². The molecule has 1 aliphatic heterocycles. The van der Waals surface area contributed by atoms with Gasteiger partial charge in [-0.25, -0.2) is 14.5 Å². The molecule has 37 heavy (non-hydrogen) atoms. The van der Waals surface area contributed by atoms with Crippen LogP contribution in [0.1, 0.15) is 27.0 Å². The molecule has 188 valence electrons. The van der Waals surface area contributed by atoms with Crippen LogP contribution in [0, 0.1) is 6.92 Å². The first-order valence-corrected chi connectivity index (χ1v) is 11.9. The summed E-state index contributed by atoms with van der Waals surface area (Å²) in [6.07, 6.45) is 1.50. The van der Waals surface area contributed by atoms with Gasteiger partial charge in [-0.1, -0.05) is 30.3 Å². The van der Waals surface area contributed by atoms with Crippen molar-refractivity contribution >= 4 is 51.5 Å². The molecule has 0 spiro atoms. The summed E-state index contributed by atoms with van der Waals surface area (Å²) in [4.78, 5) is 49.5. The van der Waals surface area contributed by atoms with Crippen molar-refractivity contribution in [3.63, 3.8) is 0 Å². The third kappa shape index (κ3) is 6.42. The highest BCUT2D eigenvalue weighted by atomic mass is 79.9. The average Bonchev–Trinajstić information content (AvgIpc) is 3.11. The second-order valence-electron chi connectivity index (χ2n) is 8.28. The van der Waals surface area contributed by atoms with Crippen LogP contribution in [0.15, 0.2) is 76.9 Å². The number of nitrogens with one attached hydrogen (secondary N) is 2. The van der Waals surface area contributed by atoms with Crippen LogP contribution in [0.4, 0.5) is 10.5 Å². The summed E-state index contributed by atoms with van der Waals surface area (Å²) in [6, 6.07) is 18.1. The summed E-state index contributed by atoms with van der Waals surface area (Å²) in [5, 5.41) is 14.3. The molecule has 1 saturated heterocycles. The molecule has 0 atom stereocenters. The molecule has 3 N–H and O–H groups in total. The minimum Gasteiger partial charge on any atom is -0.488 e. The van der Waals surface area contributed by atoms with Crippen molar-refractivity contribution in [2.24, 2.45) is 0 Å². The number of urea groups is 1. The predicted octanol–water partition coefficient (Wildman–Crippen LogP) is 4.57. The number of halogens is 1. The Morgan fingerprint density at radius 2 is 1.86 bits per heavy atom. The van der Waals surface area contributed by atoms with Crippen molar-refractivity contribution in [3.8, 4) is 5.75 Å². The van der Waals surface area contributed by atoms with E-state index in [4.69, 9.17) is 9.84 Å².